The summed E-state index contributed by atoms with van der Waals surface area (Å²) in [6.07, 6.45) is 3.54. The van der Waals surface area contributed by atoms with Gasteiger partial charge in [0.15, 0.2) is 11.5 Å². The molecule has 0 atom stereocenters. The zero-order valence-electron chi connectivity index (χ0n) is 16.3. The first-order chi connectivity index (χ1) is 15.0. The average molecular weight is 477 g/mol. The van der Waals surface area contributed by atoms with E-state index in [1.165, 1.54) is 11.8 Å². The summed E-state index contributed by atoms with van der Waals surface area (Å²) < 4.78 is 10.6. The maximum atomic E-state index is 12.7. The fraction of sp³-hybridized carbons (Fsp3) is 0.190. The first-order valence-electron chi connectivity index (χ1n) is 9.23. The fourth-order valence-electron chi connectivity index (χ4n) is 3.03. The van der Waals surface area contributed by atoms with Gasteiger partial charge in [0.05, 0.1) is 15.5 Å². The number of carbonyl (C=O) groups is 3. The van der Waals surface area contributed by atoms with Crippen LogP contribution in [-0.2, 0) is 4.79 Å². The van der Waals surface area contributed by atoms with Gasteiger partial charge in [-0.25, -0.2) is 0 Å². The van der Waals surface area contributed by atoms with Crippen molar-refractivity contribution in [1.29, 1.82) is 0 Å². The second-order valence-electron chi connectivity index (χ2n) is 6.55. The van der Waals surface area contributed by atoms with Crippen LogP contribution in [0, 0.1) is 0 Å². The Kier molecular flexibility index (Phi) is 6.45. The van der Waals surface area contributed by atoms with Crippen LogP contribution in [0.2, 0.25) is 5.02 Å². The molecule has 1 fully saturated rings. The average Bonchev–Trinajstić information content (AvgIpc) is 3.33. The van der Waals surface area contributed by atoms with Gasteiger partial charge < -0.3 is 14.8 Å². The van der Waals surface area contributed by atoms with Gasteiger partial charge in [-0.2, -0.15) is 0 Å². The van der Waals surface area contributed by atoms with Crippen LogP contribution in [0.1, 0.15) is 15.9 Å². The molecule has 4 rings (SSSR count). The van der Waals surface area contributed by atoms with Gasteiger partial charge in [0, 0.05) is 18.0 Å². The van der Waals surface area contributed by atoms with Crippen LogP contribution in [0.3, 0.4) is 0 Å². The van der Waals surface area contributed by atoms with Crippen LogP contribution in [0.4, 0.5) is 4.79 Å². The summed E-state index contributed by atoms with van der Waals surface area (Å²) >= 11 is 8.48. The van der Waals surface area contributed by atoms with Gasteiger partial charge in [-0.1, -0.05) is 17.7 Å². The monoisotopic (exact) mass is 476 g/mol. The SMILES string of the molecule is CSc1ccc(Cl)c(C(=O)NCCN2C(=O)S/C(=C\c3ccc4c(c3)OCO4)C2=O)c1. The van der Waals surface area contributed by atoms with Crippen LogP contribution in [-0.4, -0.2) is 48.1 Å². The number of hydrogen-bond donors (Lipinski definition) is 1. The van der Waals surface area contributed by atoms with Gasteiger partial charge in [-0.05, 0) is 60.0 Å². The van der Waals surface area contributed by atoms with Gasteiger partial charge >= 0.3 is 0 Å². The standard InChI is InChI=1S/C21H17ClN2O5S2/c1-30-13-3-4-15(22)14(10-13)19(25)23-6-7-24-20(26)18(31-21(24)27)9-12-2-5-16-17(8-12)29-11-28-16/h2-5,8-10H,6-7,11H2,1H3,(H,23,25)/b18-9-. The molecule has 2 aliphatic heterocycles. The Bertz CT molecular complexity index is 1110. The van der Waals surface area contributed by atoms with E-state index in [-0.39, 0.29) is 31.0 Å². The van der Waals surface area contributed by atoms with Crippen molar-refractivity contribution in [3.8, 4) is 11.5 Å². The number of ether oxygens (including phenoxy) is 2. The highest BCUT2D eigenvalue weighted by atomic mass is 35.5. The van der Waals surface area contributed by atoms with Crippen molar-refractivity contribution in [2.75, 3.05) is 26.1 Å². The van der Waals surface area contributed by atoms with Gasteiger partial charge in [-0.3, -0.25) is 19.3 Å². The number of carbonyl (C=O) groups excluding carboxylic acids is 3. The lowest BCUT2D eigenvalue weighted by atomic mass is 10.2. The first kappa shape index (κ1) is 21.6. The molecule has 2 heterocycles. The van der Waals surface area contributed by atoms with E-state index in [1.54, 1.807) is 36.4 Å². The largest absolute Gasteiger partial charge is 0.454 e. The van der Waals surface area contributed by atoms with Gasteiger partial charge in [0.2, 0.25) is 6.79 Å². The molecule has 7 nitrogen and oxygen atoms in total. The van der Waals surface area contributed by atoms with Crippen molar-refractivity contribution in [1.82, 2.24) is 10.2 Å². The summed E-state index contributed by atoms with van der Waals surface area (Å²) in [5.74, 6) is 0.483. The van der Waals surface area contributed by atoms with Crippen molar-refractivity contribution in [2.24, 2.45) is 0 Å². The molecule has 3 amide bonds. The first-order valence-corrected chi connectivity index (χ1v) is 11.6. The van der Waals surface area contributed by atoms with Crippen molar-refractivity contribution in [2.45, 2.75) is 4.90 Å². The molecule has 0 unspecified atom stereocenters. The highest BCUT2D eigenvalue weighted by Gasteiger charge is 2.34. The number of halogens is 1. The number of imide groups is 1. The summed E-state index contributed by atoms with van der Waals surface area (Å²) in [6, 6.07) is 10.5. The van der Waals surface area contributed by atoms with Crippen molar-refractivity contribution >= 4 is 58.3 Å². The van der Waals surface area contributed by atoms with Crippen LogP contribution in [0.25, 0.3) is 6.08 Å². The normalized spacial score (nSPS) is 16.3. The molecule has 10 heteroatoms. The lowest BCUT2D eigenvalue weighted by Crippen LogP contribution is -2.37. The third kappa shape index (κ3) is 4.68. The fourth-order valence-corrected chi connectivity index (χ4v) is 4.54. The molecule has 0 spiro atoms. The maximum absolute atomic E-state index is 12.7. The van der Waals surface area contributed by atoms with Gasteiger partial charge in [0.25, 0.3) is 17.1 Å². The Morgan fingerprint density at radius 2 is 2.03 bits per heavy atom. The van der Waals surface area contributed by atoms with Crippen LogP contribution >= 0.6 is 35.1 Å². The summed E-state index contributed by atoms with van der Waals surface area (Å²) in [6.45, 7) is 0.344. The molecular weight excluding hydrogens is 460 g/mol. The van der Waals surface area contributed by atoms with E-state index in [9.17, 15) is 14.4 Å². The molecule has 160 valence electrons. The second kappa shape index (κ2) is 9.25. The van der Waals surface area contributed by atoms with E-state index in [0.717, 1.165) is 27.1 Å². The van der Waals surface area contributed by atoms with E-state index >= 15 is 0 Å². The van der Waals surface area contributed by atoms with E-state index in [2.05, 4.69) is 5.32 Å². The number of nitrogens with one attached hydrogen (secondary N) is 1. The number of thioether (sulfide) groups is 2. The summed E-state index contributed by atoms with van der Waals surface area (Å²) in [5, 5.41) is 2.67. The molecule has 0 aliphatic carbocycles. The Morgan fingerprint density at radius 1 is 1.23 bits per heavy atom. The van der Waals surface area contributed by atoms with Crippen LogP contribution < -0.4 is 14.8 Å². The summed E-state index contributed by atoms with van der Waals surface area (Å²) in [5.41, 5.74) is 1.08. The van der Waals surface area contributed by atoms with Crippen molar-refractivity contribution in [3.63, 3.8) is 0 Å². The minimum atomic E-state index is -0.399. The smallest absolute Gasteiger partial charge is 0.293 e. The summed E-state index contributed by atoms with van der Waals surface area (Å²) in [7, 11) is 0. The van der Waals surface area contributed by atoms with Gasteiger partial charge in [0.1, 0.15) is 0 Å². The molecule has 1 saturated heterocycles. The highest BCUT2D eigenvalue weighted by Crippen LogP contribution is 2.36. The minimum absolute atomic E-state index is 0.0642. The Morgan fingerprint density at radius 3 is 2.84 bits per heavy atom. The number of benzene rings is 2. The Hall–Kier alpha value is -2.62. The predicted molar refractivity (Wildman–Crippen MR) is 121 cm³/mol. The van der Waals surface area contributed by atoms with E-state index in [1.807, 2.05) is 12.3 Å². The van der Waals surface area contributed by atoms with Crippen LogP contribution in [0.15, 0.2) is 46.2 Å². The van der Waals surface area contributed by atoms with Gasteiger partial charge in [-0.15, -0.1) is 11.8 Å². The number of hydrogen-bond acceptors (Lipinski definition) is 7. The number of amides is 3. The highest BCUT2D eigenvalue weighted by molar-refractivity contribution is 8.18. The number of fused-ring (bicyclic) bond motifs is 1. The number of rotatable bonds is 6. The zero-order valence-corrected chi connectivity index (χ0v) is 18.7. The third-order valence-corrected chi connectivity index (χ3v) is 6.57. The zero-order chi connectivity index (χ0) is 22.0. The molecule has 0 saturated carbocycles. The van der Waals surface area contributed by atoms with E-state index in [0.29, 0.717) is 27.0 Å². The lowest BCUT2D eigenvalue weighted by Gasteiger charge is -2.13. The molecule has 0 aromatic heterocycles. The topological polar surface area (TPSA) is 84.9 Å². The molecule has 2 aromatic rings. The lowest BCUT2D eigenvalue weighted by molar-refractivity contribution is -0.122. The summed E-state index contributed by atoms with van der Waals surface area (Å²) in [4.78, 5) is 39.7. The van der Waals surface area contributed by atoms with Crippen LogP contribution in [0.5, 0.6) is 11.5 Å². The molecular formula is C21H17ClN2O5S2. The van der Waals surface area contributed by atoms with Crippen molar-refractivity contribution in [3.05, 3.63) is 57.5 Å². The molecule has 0 radical (unpaired) electrons. The minimum Gasteiger partial charge on any atom is -0.454 e. The third-order valence-electron chi connectivity index (χ3n) is 4.61. The quantitative estimate of drug-likeness (QED) is 0.492. The maximum Gasteiger partial charge on any atom is 0.293 e. The molecule has 1 N–H and O–H groups in total. The molecule has 31 heavy (non-hydrogen) atoms. The van der Waals surface area contributed by atoms with Crippen molar-refractivity contribution < 1.29 is 23.9 Å². The molecule has 0 bridgehead atoms. The Balaban J connectivity index is 1.38. The van der Waals surface area contributed by atoms with E-state index in [4.69, 9.17) is 21.1 Å². The molecule has 2 aromatic carbocycles. The number of nitrogens with zero attached hydrogens (tertiary/aromatic N) is 1. The second-order valence-corrected chi connectivity index (χ2v) is 8.83. The Labute approximate surface area is 192 Å². The predicted octanol–water partition coefficient (Wildman–Crippen LogP) is 4.26. The van der Waals surface area contributed by atoms with E-state index < -0.39 is 5.91 Å². The molecule has 2 aliphatic rings.